The normalized spacial score (nSPS) is 11.2. The van der Waals surface area contributed by atoms with Gasteiger partial charge in [-0.1, -0.05) is 18.2 Å². The molecule has 10 heteroatoms. The van der Waals surface area contributed by atoms with Crippen molar-refractivity contribution in [2.75, 3.05) is 26.1 Å². The summed E-state index contributed by atoms with van der Waals surface area (Å²) in [6.07, 6.45) is 4.49. The van der Waals surface area contributed by atoms with Crippen LogP contribution >= 0.6 is 11.3 Å². The first kappa shape index (κ1) is 19.2. The van der Waals surface area contributed by atoms with Crippen molar-refractivity contribution in [3.63, 3.8) is 0 Å². The molecule has 0 aliphatic carbocycles. The summed E-state index contributed by atoms with van der Waals surface area (Å²) in [4.78, 5) is 26.3. The molecule has 0 bridgehead atoms. The fourth-order valence-corrected chi connectivity index (χ4v) is 4.08. The van der Waals surface area contributed by atoms with E-state index in [1.165, 1.54) is 36.5 Å². The molecule has 5 rings (SSSR count). The van der Waals surface area contributed by atoms with Crippen LogP contribution in [-0.2, 0) is 6.42 Å². The van der Waals surface area contributed by atoms with E-state index in [9.17, 15) is 0 Å². The summed E-state index contributed by atoms with van der Waals surface area (Å²) in [6.45, 7) is 0.696. The van der Waals surface area contributed by atoms with Gasteiger partial charge >= 0.3 is 6.01 Å². The van der Waals surface area contributed by atoms with Crippen molar-refractivity contribution in [3.05, 3.63) is 47.7 Å². The lowest BCUT2D eigenvalue weighted by molar-refractivity contribution is 0.353. The number of aromatic amines is 1. The largest absolute Gasteiger partial charge is 0.480 e. The van der Waals surface area contributed by atoms with Crippen molar-refractivity contribution in [1.82, 2.24) is 29.9 Å². The monoisotopic (exact) mass is 433 g/mol. The average molecular weight is 433 g/mol. The third kappa shape index (κ3) is 3.61. The molecule has 0 aliphatic heterocycles. The van der Waals surface area contributed by atoms with Crippen LogP contribution in [0.25, 0.3) is 32.6 Å². The molecule has 0 fully saturated rings. The molecule has 0 spiro atoms. The molecule has 0 radical (unpaired) electrons. The molecule has 2 N–H and O–H groups in total. The highest BCUT2D eigenvalue weighted by Gasteiger charge is 2.17. The minimum Gasteiger partial charge on any atom is -0.480 e. The first-order chi connectivity index (χ1) is 15.3. The standard InChI is InChI=1S/C21H19N7O2S/c1-29-19-14(10-24-21(28-19)30-2)17-26-18(16-20(27-17)31-11-25-16)22-8-7-12-9-23-15-6-4-3-5-13(12)15/h3-6,9-11,23H,7-8H2,1-2H3,(H,22,26,27). The number of rotatable bonds is 7. The summed E-state index contributed by atoms with van der Waals surface area (Å²) >= 11 is 1.45. The van der Waals surface area contributed by atoms with Gasteiger partial charge in [-0.3, -0.25) is 0 Å². The minimum atomic E-state index is 0.219. The van der Waals surface area contributed by atoms with Crippen LogP contribution in [0, 0.1) is 0 Å². The van der Waals surface area contributed by atoms with Crippen LogP contribution < -0.4 is 14.8 Å². The molecule has 1 aromatic carbocycles. The molecule has 0 aliphatic rings. The second kappa shape index (κ2) is 8.15. The first-order valence-electron chi connectivity index (χ1n) is 9.62. The number of anilines is 1. The SMILES string of the molecule is COc1ncc(-c2nc(NCCc3c[nH]c4ccccc34)c3ncsc3n2)c(OC)n1. The lowest BCUT2D eigenvalue weighted by Gasteiger charge is -2.10. The molecule has 156 valence electrons. The first-order valence-corrected chi connectivity index (χ1v) is 10.5. The fraction of sp³-hybridized carbons (Fsp3) is 0.190. The second-order valence-corrected chi connectivity index (χ2v) is 7.55. The number of para-hydroxylation sites is 1. The van der Waals surface area contributed by atoms with Crippen molar-refractivity contribution >= 4 is 38.4 Å². The van der Waals surface area contributed by atoms with Gasteiger partial charge in [0.2, 0.25) is 5.88 Å². The summed E-state index contributed by atoms with van der Waals surface area (Å²) in [5, 5.41) is 4.65. The van der Waals surface area contributed by atoms with Crippen LogP contribution in [0.3, 0.4) is 0 Å². The van der Waals surface area contributed by atoms with Crippen molar-refractivity contribution in [1.29, 1.82) is 0 Å². The summed E-state index contributed by atoms with van der Waals surface area (Å²) in [7, 11) is 3.04. The molecule has 0 atom stereocenters. The number of ether oxygens (including phenoxy) is 2. The van der Waals surface area contributed by atoms with E-state index >= 15 is 0 Å². The van der Waals surface area contributed by atoms with Gasteiger partial charge < -0.3 is 19.8 Å². The molecular weight excluding hydrogens is 414 g/mol. The maximum atomic E-state index is 5.40. The van der Waals surface area contributed by atoms with Crippen molar-refractivity contribution < 1.29 is 9.47 Å². The van der Waals surface area contributed by atoms with Crippen molar-refractivity contribution in [2.45, 2.75) is 6.42 Å². The van der Waals surface area contributed by atoms with Gasteiger partial charge in [0.25, 0.3) is 0 Å². The van der Waals surface area contributed by atoms with Gasteiger partial charge in [0.15, 0.2) is 11.6 Å². The predicted octanol–water partition coefficient (Wildman–Crippen LogP) is 3.70. The lowest BCUT2D eigenvalue weighted by Crippen LogP contribution is -2.08. The third-order valence-corrected chi connectivity index (χ3v) is 5.63. The Kier molecular flexibility index (Phi) is 5.04. The van der Waals surface area contributed by atoms with Crippen LogP contribution in [-0.4, -0.2) is 50.7 Å². The fourth-order valence-electron chi connectivity index (χ4n) is 3.42. The number of nitrogens with one attached hydrogen (secondary N) is 2. The van der Waals surface area contributed by atoms with Gasteiger partial charge in [0.05, 0.1) is 19.7 Å². The molecule has 0 saturated carbocycles. The van der Waals surface area contributed by atoms with Crippen LogP contribution in [0.15, 0.2) is 42.2 Å². The molecule has 0 amide bonds. The Morgan fingerprint density at radius 2 is 1.97 bits per heavy atom. The summed E-state index contributed by atoms with van der Waals surface area (Å²) in [6, 6.07) is 8.49. The van der Waals surface area contributed by atoms with E-state index in [0.29, 0.717) is 29.6 Å². The Bertz CT molecular complexity index is 1360. The van der Waals surface area contributed by atoms with E-state index in [2.05, 4.69) is 48.6 Å². The number of H-pyrrole nitrogens is 1. The highest BCUT2D eigenvalue weighted by Crippen LogP contribution is 2.31. The van der Waals surface area contributed by atoms with Gasteiger partial charge in [-0.15, -0.1) is 11.3 Å². The summed E-state index contributed by atoms with van der Waals surface area (Å²) < 4.78 is 10.5. The van der Waals surface area contributed by atoms with Gasteiger partial charge in [0, 0.05) is 29.8 Å². The topological polar surface area (TPSA) is 111 Å². The summed E-state index contributed by atoms with van der Waals surface area (Å²) in [5.74, 6) is 1.48. The molecule has 4 aromatic heterocycles. The van der Waals surface area contributed by atoms with Crippen LogP contribution in [0.1, 0.15) is 5.56 Å². The molecule has 0 saturated heterocycles. The molecular formula is C21H19N7O2S. The highest BCUT2D eigenvalue weighted by atomic mass is 32.1. The Morgan fingerprint density at radius 1 is 1.06 bits per heavy atom. The van der Waals surface area contributed by atoms with E-state index in [4.69, 9.17) is 14.5 Å². The Hall–Kier alpha value is -3.79. The smallest absolute Gasteiger partial charge is 0.319 e. The van der Waals surface area contributed by atoms with Crippen molar-refractivity contribution in [3.8, 4) is 23.3 Å². The average Bonchev–Trinajstić information content (AvgIpc) is 3.46. The number of thiazole rings is 1. The number of nitrogens with zero attached hydrogens (tertiary/aromatic N) is 5. The van der Waals surface area contributed by atoms with Crippen LogP contribution in [0.4, 0.5) is 5.82 Å². The molecule has 0 unspecified atom stereocenters. The Balaban J connectivity index is 1.44. The number of methoxy groups -OCH3 is 2. The highest BCUT2D eigenvalue weighted by molar-refractivity contribution is 7.16. The third-order valence-electron chi connectivity index (χ3n) is 4.91. The van der Waals surface area contributed by atoms with E-state index in [-0.39, 0.29) is 6.01 Å². The number of aromatic nitrogens is 6. The van der Waals surface area contributed by atoms with Gasteiger partial charge in [-0.25, -0.2) is 19.9 Å². The zero-order valence-corrected chi connectivity index (χ0v) is 17.7. The zero-order chi connectivity index (χ0) is 21.2. The lowest BCUT2D eigenvalue weighted by atomic mass is 10.1. The predicted molar refractivity (Wildman–Crippen MR) is 120 cm³/mol. The van der Waals surface area contributed by atoms with Gasteiger partial charge in [-0.05, 0) is 18.1 Å². The van der Waals surface area contributed by atoms with E-state index in [1.54, 1.807) is 11.7 Å². The number of fused-ring (bicyclic) bond motifs is 2. The van der Waals surface area contributed by atoms with Gasteiger partial charge in [-0.2, -0.15) is 4.98 Å². The van der Waals surface area contributed by atoms with E-state index in [0.717, 1.165) is 22.3 Å². The van der Waals surface area contributed by atoms with E-state index < -0.39 is 0 Å². The summed E-state index contributed by atoms with van der Waals surface area (Å²) in [5.41, 5.74) is 5.46. The molecule has 9 nitrogen and oxygen atoms in total. The second-order valence-electron chi connectivity index (χ2n) is 6.72. The maximum Gasteiger partial charge on any atom is 0.319 e. The maximum absolute atomic E-state index is 5.40. The quantitative estimate of drug-likeness (QED) is 0.400. The Labute approximate surface area is 181 Å². The number of benzene rings is 1. The van der Waals surface area contributed by atoms with Gasteiger partial charge in [0.1, 0.15) is 15.9 Å². The van der Waals surface area contributed by atoms with Crippen LogP contribution in [0.5, 0.6) is 11.9 Å². The number of hydrogen-bond acceptors (Lipinski definition) is 9. The molecule has 31 heavy (non-hydrogen) atoms. The minimum absolute atomic E-state index is 0.219. The van der Waals surface area contributed by atoms with Crippen molar-refractivity contribution in [2.24, 2.45) is 0 Å². The van der Waals surface area contributed by atoms with E-state index in [1.807, 2.05) is 12.1 Å². The molecule has 5 aromatic rings. The van der Waals surface area contributed by atoms with Crippen LogP contribution in [0.2, 0.25) is 0 Å². The molecule has 4 heterocycles. The zero-order valence-electron chi connectivity index (χ0n) is 16.9. The number of hydrogen-bond donors (Lipinski definition) is 2. The Morgan fingerprint density at radius 3 is 2.84 bits per heavy atom.